The number of anilines is 1. The predicted molar refractivity (Wildman–Crippen MR) is 120 cm³/mol. The highest BCUT2D eigenvalue weighted by molar-refractivity contribution is 6.30. The Balaban J connectivity index is 1.79. The van der Waals surface area contributed by atoms with E-state index in [0.717, 1.165) is 28.1 Å². The summed E-state index contributed by atoms with van der Waals surface area (Å²) in [5.74, 6) is 0.313. The van der Waals surface area contributed by atoms with E-state index >= 15 is 0 Å². The fraction of sp³-hybridized carbons (Fsp3) is 0.125. The topological polar surface area (TPSA) is 59.8 Å². The van der Waals surface area contributed by atoms with E-state index in [1.807, 2.05) is 68.4 Å². The number of benzene rings is 3. The molecule has 6 heteroatoms. The lowest BCUT2D eigenvalue weighted by Crippen LogP contribution is -2.15. The summed E-state index contributed by atoms with van der Waals surface area (Å²) in [6.07, 6.45) is 0. The Morgan fingerprint density at radius 3 is 2.33 bits per heavy atom. The van der Waals surface area contributed by atoms with Crippen LogP contribution < -0.4 is 5.32 Å². The Hall–Kier alpha value is -3.44. The van der Waals surface area contributed by atoms with Gasteiger partial charge < -0.3 is 5.32 Å². The van der Waals surface area contributed by atoms with Gasteiger partial charge in [-0.15, -0.1) is 5.10 Å². The third-order valence-corrected chi connectivity index (χ3v) is 5.29. The SMILES string of the molecule is Cc1ccc(-n2nc(C(=O)Nc3ccccc3C)nc2-c2ccc(Cl)cc2)cc1C. The molecule has 0 fully saturated rings. The van der Waals surface area contributed by atoms with Crippen LogP contribution in [0.25, 0.3) is 17.1 Å². The van der Waals surface area contributed by atoms with E-state index in [1.54, 1.807) is 16.8 Å². The molecule has 30 heavy (non-hydrogen) atoms. The first-order chi connectivity index (χ1) is 14.4. The average Bonchev–Trinajstić information content (AvgIpc) is 3.18. The van der Waals surface area contributed by atoms with Crippen molar-refractivity contribution in [2.45, 2.75) is 20.8 Å². The van der Waals surface area contributed by atoms with Gasteiger partial charge in [0.05, 0.1) is 5.69 Å². The number of hydrogen-bond acceptors (Lipinski definition) is 3. The number of nitrogens with zero attached hydrogens (tertiary/aromatic N) is 3. The van der Waals surface area contributed by atoms with Crippen molar-refractivity contribution in [3.63, 3.8) is 0 Å². The Labute approximate surface area is 180 Å². The Kier molecular flexibility index (Phi) is 5.38. The number of hydrogen-bond donors (Lipinski definition) is 1. The number of para-hydroxylation sites is 1. The Morgan fingerprint density at radius 1 is 0.900 bits per heavy atom. The maximum Gasteiger partial charge on any atom is 0.295 e. The summed E-state index contributed by atoms with van der Waals surface area (Å²) in [5.41, 5.74) is 5.68. The smallest absolute Gasteiger partial charge is 0.295 e. The molecule has 5 nitrogen and oxygen atoms in total. The minimum atomic E-state index is -0.359. The second-order valence-electron chi connectivity index (χ2n) is 7.22. The lowest BCUT2D eigenvalue weighted by atomic mass is 10.1. The van der Waals surface area contributed by atoms with Crippen LogP contribution in [0.5, 0.6) is 0 Å². The van der Waals surface area contributed by atoms with Crippen molar-refractivity contribution in [2.24, 2.45) is 0 Å². The van der Waals surface area contributed by atoms with Gasteiger partial charge in [0.25, 0.3) is 5.91 Å². The molecule has 1 amide bonds. The number of amides is 1. The van der Waals surface area contributed by atoms with E-state index in [-0.39, 0.29) is 11.7 Å². The molecule has 0 aliphatic carbocycles. The maximum absolute atomic E-state index is 12.9. The lowest BCUT2D eigenvalue weighted by Gasteiger charge is -2.08. The first-order valence-electron chi connectivity index (χ1n) is 9.60. The number of rotatable bonds is 4. The number of aryl methyl sites for hydroxylation is 3. The molecule has 0 atom stereocenters. The molecule has 0 saturated heterocycles. The van der Waals surface area contributed by atoms with Gasteiger partial charge in [-0.25, -0.2) is 9.67 Å². The highest BCUT2D eigenvalue weighted by Gasteiger charge is 2.19. The van der Waals surface area contributed by atoms with E-state index in [4.69, 9.17) is 11.6 Å². The number of nitrogens with one attached hydrogen (secondary N) is 1. The minimum Gasteiger partial charge on any atom is -0.319 e. The van der Waals surface area contributed by atoms with Crippen LogP contribution in [0, 0.1) is 20.8 Å². The Bertz CT molecular complexity index is 1230. The molecule has 0 aliphatic rings. The second kappa shape index (κ2) is 8.13. The van der Waals surface area contributed by atoms with Gasteiger partial charge in [0.15, 0.2) is 5.82 Å². The van der Waals surface area contributed by atoms with Crippen LogP contribution in [0.3, 0.4) is 0 Å². The van der Waals surface area contributed by atoms with Crippen molar-refractivity contribution in [3.8, 4) is 17.1 Å². The van der Waals surface area contributed by atoms with Crippen LogP contribution in [0.1, 0.15) is 27.3 Å². The van der Waals surface area contributed by atoms with E-state index < -0.39 is 0 Å². The molecule has 3 aromatic carbocycles. The summed E-state index contributed by atoms with van der Waals surface area (Å²) in [4.78, 5) is 17.5. The molecule has 0 bridgehead atoms. The summed E-state index contributed by atoms with van der Waals surface area (Å²) < 4.78 is 1.70. The second-order valence-corrected chi connectivity index (χ2v) is 7.65. The van der Waals surface area contributed by atoms with Gasteiger partial charge in [-0.3, -0.25) is 4.79 Å². The largest absolute Gasteiger partial charge is 0.319 e. The molecule has 0 saturated carbocycles. The first-order valence-corrected chi connectivity index (χ1v) is 9.98. The highest BCUT2D eigenvalue weighted by atomic mass is 35.5. The molecular weight excluding hydrogens is 396 g/mol. The summed E-state index contributed by atoms with van der Waals surface area (Å²) in [6, 6.07) is 21.0. The van der Waals surface area contributed by atoms with E-state index in [0.29, 0.717) is 10.8 Å². The van der Waals surface area contributed by atoms with Gasteiger partial charge in [0.2, 0.25) is 5.82 Å². The predicted octanol–water partition coefficient (Wildman–Crippen LogP) is 5.77. The van der Waals surface area contributed by atoms with Crippen molar-refractivity contribution < 1.29 is 4.79 Å². The van der Waals surface area contributed by atoms with E-state index in [9.17, 15) is 4.79 Å². The van der Waals surface area contributed by atoms with Crippen LogP contribution in [0.15, 0.2) is 66.7 Å². The molecule has 1 aromatic heterocycles. The van der Waals surface area contributed by atoms with Crippen molar-refractivity contribution in [3.05, 3.63) is 94.3 Å². The van der Waals surface area contributed by atoms with Gasteiger partial charge in [0.1, 0.15) is 0 Å². The van der Waals surface area contributed by atoms with Gasteiger partial charge in [-0.1, -0.05) is 35.9 Å². The third-order valence-electron chi connectivity index (χ3n) is 5.04. The number of halogens is 1. The van der Waals surface area contributed by atoms with Gasteiger partial charge in [-0.2, -0.15) is 0 Å². The molecule has 1 N–H and O–H groups in total. The zero-order valence-corrected chi connectivity index (χ0v) is 17.7. The van der Waals surface area contributed by atoms with Crippen LogP contribution in [0.4, 0.5) is 5.69 Å². The standard InChI is InChI=1S/C24H21ClN4O/c1-15-8-13-20(14-17(15)3)29-23(18-9-11-19(25)12-10-18)27-22(28-29)24(30)26-21-7-5-4-6-16(21)2/h4-14H,1-3H3,(H,26,30). The average molecular weight is 417 g/mol. The molecule has 0 radical (unpaired) electrons. The minimum absolute atomic E-state index is 0.0985. The molecule has 0 spiro atoms. The third kappa shape index (κ3) is 3.98. The van der Waals surface area contributed by atoms with Crippen molar-refractivity contribution in [1.82, 2.24) is 14.8 Å². The van der Waals surface area contributed by atoms with Crippen LogP contribution in [-0.4, -0.2) is 20.7 Å². The zero-order valence-electron chi connectivity index (χ0n) is 17.0. The highest BCUT2D eigenvalue weighted by Crippen LogP contribution is 2.25. The summed E-state index contributed by atoms with van der Waals surface area (Å²) in [7, 11) is 0. The monoisotopic (exact) mass is 416 g/mol. The van der Waals surface area contributed by atoms with Crippen molar-refractivity contribution in [1.29, 1.82) is 0 Å². The maximum atomic E-state index is 12.9. The van der Waals surface area contributed by atoms with Crippen LogP contribution in [-0.2, 0) is 0 Å². The van der Waals surface area contributed by atoms with Crippen molar-refractivity contribution >= 4 is 23.2 Å². The number of carbonyl (C=O) groups excluding carboxylic acids is 1. The lowest BCUT2D eigenvalue weighted by molar-refractivity contribution is 0.101. The molecule has 0 unspecified atom stereocenters. The quantitative estimate of drug-likeness (QED) is 0.459. The number of aromatic nitrogens is 3. The fourth-order valence-electron chi connectivity index (χ4n) is 3.12. The molecule has 4 rings (SSSR count). The van der Waals surface area contributed by atoms with Crippen LogP contribution in [0.2, 0.25) is 5.02 Å². The molecule has 4 aromatic rings. The Morgan fingerprint density at radius 2 is 1.63 bits per heavy atom. The van der Waals surface area contributed by atoms with E-state index in [1.165, 1.54) is 5.56 Å². The first kappa shape index (κ1) is 19.9. The molecule has 0 aliphatic heterocycles. The zero-order chi connectivity index (χ0) is 21.3. The van der Waals surface area contributed by atoms with Gasteiger partial charge in [0, 0.05) is 16.3 Å². The van der Waals surface area contributed by atoms with Crippen molar-refractivity contribution in [2.75, 3.05) is 5.32 Å². The summed E-state index contributed by atoms with van der Waals surface area (Å²) in [6.45, 7) is 6.04. The summed E-state index contributed by atoms with van der Waals surface area (Å²) >= 11 is 6.05. The molecular formula is C24H21ClN4O. The number of carbonyl (C=O) groups is 1. The molecule has 1 heterocycles. The van der Waals surface area contributed by atoms with E-state index in [2.05, 4.69) is 22.3 Å². The normalized spacial score (nSPS) is 10.8. The van der Waals surface area contributed by atoms with Gasteiger partial charge in [-0.05, 0) is 79.9 Å². The molecule has 150 valence electrons. The van der Waals surface area contributed by atoms with Crippen LogP contribution >= 0.6 is 11.6 Å². The summed E-state index contributed by atoms with van der Waals surface area (Å²) in [5, 5.41) is 8.07. The van der Waals surface area contributed by atoms with Gasteiger partial charge >= 0.3 is 0 Å². The fourth-order valence-corrected chi connectivity index (χ4v) is 3.25.